The van der Waals surface area contributed by atoms with Gasteiger partial charge in [-0.3, -0.25) is 40.5 Å². The number of benzene rings is 2. The molecule has 0 spiro atoms. The summed E-state index contributed by atoms with van der Waals surface area (Å²) in [6.07, 6.45) is 0. The van der Waals surface area contributed by atoms with Crippen LogP contribution in [0.2, 0.25) is 0 Å². The van der Waals surface area contributed by atoms with E-state index < -0.39 is 48.0 Å². The molecule has 0 atom stereocenters. The average Bonchev–Trinajstić information content (AvgIpc) is 2.53. The Morgan fingerprint density at radius 3 is 1.88 bits per heavy atom. The molecule has 2 rings (SSSR count). The standard InChI is InChI=1S/C12H5N4O8/c17-13(18)7-2-4-11(15(21)22)10(5-7)9-3-1-8(14(19)20)6-12(9)16(23)24/h1-5H. The number of hydrogen-bond donors (Lipinski definition) is 0. The molecule has 0 bridgehead atoms. The fourth-order valence-corrected chi connectivity index (χ4v) is 1.95. The molecule has 0 fully saturated rings. The third-order valence-electron chi connectivity index (χ3n) is 2.97. The van der Waals surface area contributed by atoms with E-state index in [4.69, 9.17) is 0 Å². The van der Waals surface area contributed by atoms with E-state index in [1.54, 1.807) is 0 Å². The van der Waals surface area contributed by atoms with Crippen molar-refractivity contribution in [2.24, 2.45) is 0 Å². The lowest BCUT2D eigenvalue weighted by Crippen LogP contribution is -1.99. The van der Waals surface area contributed by atoms with Crippen molar-refractivity contribution < 1.29 is 19.7 Å². The maximum absolute atomic E-state index is 11.1. The molecular weight excluding hydrogens is 328 g/mol. The Labute approximate surface area is 131 Å². The third kappa shape index (κ3) is 2.96. The highest BCUT2D eigenvalue weighted by atomic mass is 16.6. The molecular formula is C12H5N4O8. The predicted octanol–water partition coefficient (Wildman–Crippen LogP) is 2.79. The normalized spacial score (nSPS) is 10.2. The zero-order valence-corrected chi connectivity index (χ0v) is 11.4. The molecule has 0 amide bonds. The predicted molar refractivity (Wildman–Crippen MR) is 77.3 cm³/mol. The number of non-ortho nitro benzene ring substituents is 2. The van der Waals surface area contributed by atoms with E-state index in [0.717, 1.165) is 30.3 Å². The van der Waals surface area contributed by atoms with E-state index in [1.807, 2.05) is 6.07 Å². The minimum Gasteiger partial charge on any atom is -0.258 e. The first kappa shape index (κ1) is 16.4. The summed E-state index contributed by atoms with van der Waals surface area (Å²) in [4.78, 5) is 40.1. The summed E-state index contributed by atoms with van der Waals surface area (Å²) in [7, 11) is 0. The molecule has 0 aromatic heterocycles. The molecule has 12 nitrogen and oxygen atoms in total. The molecule has 12 heteroatoms. The monoisotopic (exact) mass is 333 g/mol. The zero-order valence-electron chi connectivity index (χ0n) is 11.4. The molecule has 0 aliphatic carbocycles. The van der Waals surface area contributed by atoms with E-state index in [2.05, 4.69) is 0 Å². The van der Waals surface area contributed by atoms with Gasteiger partial charge in [0.1, 0.15) is 0 Å². The summed E-state index contributed by atoms with van der Waals surface area (Å²) in [5, 5.41) is 43.7. The van der Waals surface area contributed by atoms with Gasteiger partial charge in [-0.25, -0.2) is 0 Å². The van der Waals surface area contributed by atoms with E-state index in [0.29, 0.717) is 0 Å². The molecule has 0 saturated carbocycles. The fourth-order valence-electron chi connectivity index (χ4n) is 1.95. The summed E-state index contributed by atoms with van der Waals surface area (Å²) in [5.41, 5.74) is -3.55. The van der Waals surface area contributed by atoms with Crippen LogP contribution in [0.5, 0.6) is 0 Å². The van der Waals surface area contributed by atoms with Gasteiger partial charge in [0.2, 0.25) is 0 Å². The van der Waals surface area contributed by atoms with Crippen LogP contribution >= 0.6 is 0 Å². The van der Waals surface area contributed by atoms with Crippen LogP contribution in [0, 0.1) is 46.5 Å². The topological polar surface area (TPSA) is 173 Å². The van der Waals surface area contributed by atoms with E-state index in [9.17, 15) is 40.5 Å². The minimum absolute atomic E-state index is 0.388. The SMILES string of the molecule is O=[N+]([O-])c1[c]c([N+](=O)[O-])c(-c2cc([N+](=O)[O-])ccc2[N+](=O)[O-])cc1. The van der Waals surface area contributed by atoms with Crippen LogP contribution in [0.3, 0.4) is 0 Å². The third-order valence-corrected chi connectivity index (χ3v) is 2.97. The highest BCUT2D eigenvalue weighted by Gasteiger charge is 2.28. The second kappa shape index (κ2) is 6.04. The van der Waals surface area contributed by atoms with Gasteiger partial charge in [0.15, 0.2) is 6.07 Å². The smallest absolute Gasteiger partial charge is 0.258 e. The summed E-state index contributed by atoms with van der Waals surface area (Å²) in [6, 6.07) is 6.22. The van der Waals surface area contributed by atoms with Gasteiger partial charge in [0.05, 0.1) is 30.8 Å². The molecule has 2 aromatic rings. The van der Waals surface area contributed by atoms with Crippen molar-refractivity contribution in [2.45, 2.75) is 0 Å². The first-order valence-corrected chi connectivity index (χ1v) is 6.00. The average molecular weight is 333 g/mol. The highest BCUT2D eigenvalue weighted by molar-refractivity contribution is 5.82. The van der Waals surface area contributed by atoms with E-state index in [1.165, 1.54) is 0 Å². The second-order valence-corrected chi connectivity index (χ2v) is 4.34. The number of nitrogens with zero attached hydrogens (tertiary/aromatic N) is 4. The molecule has 121 valence electrons. The van der Waals surface area contributed by atoms with Gasteiger partial charge in [0, 0.05) is 24.3 Å². The molecule has 0 saturated heterocycles. The molecule has 0 aliphatic heterocycles. The van der Waals surface area contributed by atoms with Gasteiger partial charge in [-0.15, -0.1) is 0 Å². The largest absolute Gasteiger partial charge is 0.292 e. The Morgan fingerprint density at radius 1 is 0.708 bits per heavy atom. The van der Waals surface area contributed by atoms with Crippen LogP contribution in [0.4, 0.5) is 22.7 Å². The molecule has 24 heavy (non-hydrogen) atoms. The van der Waals surface area contributed by atoms with E-state index in [-0.39, 0.29) is 5.56 Å². The Kier molecular flexibility index (Phi) is 4.13. The molecule has 0 aliphatic rings. The second-order valence-electron chi connectivity index (χ2n) is 4.34. The molecule has 0 unspecified atom stereocenters. The number of nitro benzene ring substituents is 4. The lowest BCUT2D eigenvalue weighted by Gasteiger charge is -2.04. The van der Waals surface area contributed by atoms with Gasteiger partial charge in [-0.1, -0.05) is 0 Å². The van der Waals surface area contributed by atoms with Crippen LogP contribution in [0.1, 0.15) is 0 Å². The first-order chi connectivity index (χ1) is 11.2. The van der Waals surface area contributed by atoms with Crippen LogP contribution < -0.4 is 0 Å². The summed E-state index contributed by atoms with van der Waals surface area (Å²) < 4.78 is 0. The van der Waals surface area contributed by atoms with Crippen molar-refractivity contribution in [3.05, 3.63) is 76.9 Å². The van der Waals surface area contributed by atoms with Crippen LogP contribution in [0.25, 0.3) is 11.1 Å². The Morgan fingerprint density at radius 2 is 1.38 bits per heavy atom. The van der Waals surface area contributed by atoms with Crippen molar-refractivity contribution >= 4 is 22.7 Å². The van der Waals surface area contributed by atoms with Gasteiger partial charge in [-0.2, -0.15) is 0 Å². The van der Waals surface area contributed by atoms with Gasteiger partial charge < -0.3 is 0 Å². The summed E-state index contributed by atoms with van der Waals surface area (Å²) in [6.45, 7) is 0. The van der Waals surface area contributed by atoms with Crippen LogP contribution in [0.15, 0.2) is 30.3 Å². The zero-order chi connectivity index (χ0) is 18.0. The van der Waals surface area contributed by atoms with Crippen molar-refractivity contribution in [1.29, 1.82) is 0 Å². The maximum atomic E-state index is 11.1. The summed E-state index contributed by atoms with van der Waals surface area (Å²) >= 11 is 0. The lowest BCUT2D eigenvalue weighted by molar-refractivity contribution is -0.394. The molecule has 1 radical (unpaired) electrons. The lowest BCUT2D eigenvalue weighted by atomic mass is 10.0. The number of rotatable bonds is 5. The molecule has 0 heterocycles. The Bertz CT molecular complexity index is 895. The number of nitro groups is 4. The Hall–Kier alpha value is -3.96. The quantitative estimate of drug-likeness (QED) is 0.593. The first-order valence-electron chi connectivity index (χ1n) is 6.00. The van der Waals surface area contributed by atoms with Gasteiger partial charge in [-0.05, 0) is 6.07 Å². The molecule has 0 N–H and O–H groups in total. The maximum Gasteiger partial charge on any atom is 0.292 e. The van der Waals surface area contributed by atoms with Crippen molar-refractivity contribution in [1.82, 2.24) is 0 Å². The van der Waals surface area contributed by atoms with Gasteiger partial charge >= 0.3 is 0 Å². The number of hydrogen-bond acceptors (Lipinski definition) is 8. The fraction of sp³-hybridized carbons (Fsp3) is 0. The highest BCUT2D eigenvalue weighted by Crippen LogP contribution is 2.39. The molecule has 2 aromatic carbocycles. The minimum atomic E-state index is -1.01. The van der Waals surface area contributed by atoms with Crippen molar-refractivity contribution in [2.75, 3.05) is 0 Å². The van der Waals surface area contributed by atoms with Crippen molar-refractivity contribution in [3.8, 4) is 11.1 Å². The Balaban J connectivity index is 2.81. The van der Waals surface area contributed by atoms with Crippen LogP contribution in [-0.4, -0.2) is 19.7 Å². The van der Waals surface area contributed by atoms with Crippen LogP contribution in [-0.2, 0) is 0 Å². The van der Waals surface area contributed by atoms with Crippen molar-refractivity contribution in [3.63, 3.8) is 0 Å². The van der Waals surface area contributed by atoms with Gasteiger partial charge in [0.25, 0.3) is 22.7 Å². The van der Waals surface area contributed by atoms with E-state index >= 15 is 0 Å². The summed E-state index contributed by atoms with van der Waals surface area (Å²) in [5.74, 6) is 0.